The van der Waals surface area contributed by atoms with Crippen molar-refractivity contribution in [2.24, 2.45) is 0 Å². The molecule has 10 nitrogen and oxygen atoms in total. The van der Waals surface area contributed by atoms with Crippen LogP contribution in [0.2, 0.25) is 0 Å². The molecular weight excluding hydrogens is 573 g/mol. The molecule has 2 heterocycles. The molecule has 1 saturated carbocycles. The lowest BCUT2D eigenvalue weighted by Gasteiger charge is -2.22. The van der Waals surface area contributed by atoms with E-state index in [0.29, 0.717) is 30.3 Å². The second-order valence-corrected chi connectivity index (χ2v) is 10.8. The van der Waals surface area contributed by atoms with E-state index in [-0.39, 0.29) is 40.9 Å². The van der Waals surface area contributed by atoms with Gasteiger partial charge in [0, 0.05) is 35.2 Å². The number of aryl methyl sites for hydroxylation is 1. The Morgan fingerprint density at radius 3 is 2.39 bits per heavy atom. The number of unbranched alkanes of at least 4 members (excludes halogenated alkanes) is 1. The molecule has 13 heteroatoms. The number of carbonyl (C=O) groups excluding carboxylic acids is 2. The molecule has 0 saturated heterocycles. The van der Waals surface area contributed by atoms with Crippen molar-refractivity contribution in [2.45, 2.75) is 63.6 Å². The number of hydrogen-bond acceptors (Lipinski definition) is 8. The number of aromatic nitrogens is 2. The van der Waals surface area contributed by atoms with Crippen LogP contribution in [0.3, 0.4) is 0 Å². The van der Waals surface area contributed by atoms with E-state index >= 15 is 0 Å². The van der Waals surface area contributed by atoms with Crippen molar-refractivity contribution in [2.75, 3.05) is 29.9 Å². The first-order valence-electron chi connectivity index (χ1n) is 14.6. The minimum absolute atomic E-state index is 0.0199. The minimum atomic E-state index is -4.56. The number of nitrogen functional groups attached to an aromatic ring is 2. The van der Waals surface area contributed by atoms with Gasteiger partial charge >= 0.3 is 6.18 Å². The maximum Gasteiger partial charge on any atom is 0.416 e. The van der Waals surface area contributed by atoms with Gasteiger partial charge < -0.3 is 27.4 Å². The number of nitrogens with one attached hydrogen (secondary N) is 4. The predicted molar refractivity (Wildman–Crippen MR) is 163 cm³/mol. The number of benzene rings is 1. The Hall–Kier alpha value is -4.52. The third-order valence-electron chi connectivity index (χ3n) is 7.55. The molecule has 1 aliphatic rings. The summed E-state index contributed by atoms with van der Waals surface area (Å²) in [5.74, 6) is -0.772. The Morgan fingerprint density at radius 2 is 1.68 bits per heavy atom. The van der Waals surface area contributed by atoms with Crippen LogP contribution in [0.4, 0.5) is 30.5 Å². The quantitative estimate of drug-likeness (QED) is 0.128. The second-order valence-electron chi connectivity index (χ2n) is 10.8. The summed E-state index contributed by atoms with van der Waals surface area (Å²) in [7, 11) is 0. The molecule has 1 aliphatic carbocycles. The molecule has 2 amide bonds. The number of nitrogens with zero attached hydrogens (tertiary/aromatic N) is 2. The molecule has 0 aliphatic heterocycles. The highest BCUT2D eigenvalue weighted by Gasteiger charge is 2.31. The highest BCUT2D eigenvalue weighted by Crippen LogP contribution is 2.30. The largest absolute Gasteiger partial charge is 0.416 e. The molecule has 0 radical (unpaired) electrons. The van der Waals surface area contributed by atoms with E-state index < -0.39 is 17.6 Å². The van der Waals surface area contributed by atoms with Gasteiger partial charge in [0.25, 0.3) is 5.91 Å². The van der Waals surface area contributed by atoms with Crippen LogP contribution in [-0.4, -0.2) is 46.6 Å². The molecule has 8 N–H and O–H groups in total. The summed E-state index contributed by atoms with van der Waals surface area (Å²) in [6, 6.07) is 7.80. The Morgan fingerprint density at radius 1 is 0.977 bits per heavy atom. The number of pyridine rings is 2. The molecule has 2 aromatic heterocycles. The SMILES string of the molecule is N=C(c1ccc(C(=O)Nc2cc(C(F)(F)F)ccn2)cc1)c1c(N)ncc(CCCCNCC(=O)NC2CCCCC2)c1N. The smallest absolute Gasteiger partial charge is 0.398 e. The Balaban J connectivity index is 1.29. The summed E-state index contributed by atoms with van der Waals surface area (Å²) >= 11 is 0. The van der Waals surface area contributed by atoms with Crippen LogP contribution >= 0.6 is 0 Å². The van der Waals surface area contributed by atoms with Crippen LogP contribution in [-0.2, 0) is 17.4 Å². The fraction of sp³-hybridized carbons (Fsp3) is 0.387. The molecule has 0 spiro atoms. The number of nitrogens with two attached hydrogens (primary N) is 2. The maximum atomic E-state index is 13.0. The number of alkyl halides is 3. The average molecular weight is 611 g/mol. The highest BCUT2D eigenvalue weighted by molar-refractivity contribution is 6.17. The summed E-state index contributed by atoms with van der Waals surface area (Å²) < 4.78 is 38.9. The van der Waals surface area contributed by atoms with Crippen LogP contribution in [0.5, 0.6) is 0 Å². The Bertz CT molecular complexity index is 1470. The van der Waals surface area contributed by atoms with E-state index in [9.17, 15) is 22.8 Å². The first-order valence-corrected chi connectivity index (χ1v) is 14.6. The summed E-state index contributed by atoms with van der Waals surface area (Å²) in [6.07, 6.45) is 5.88. The average Bonchev–Trinajstić information content (AvgIpc) is 3.00. The zero-order valence-electron chi connectivity index (χ0n) is 24.3. The fourth-order valence-electron chi connectivity index (χ4n) is 5.13. The lowest BCUT2D eigenvalue weighted by Crippen LogP contribution is -2.41. The zero-order valence-corrected chi connectivity index (χ0v) is 24.3. The van der Waals surface area contributed by atoms with E-state index in [1.165, 1.54) is 43.5 Å². The lowest BCUT2D eigenvalue weighted by atomic mass is 9.95. The van der Waals surface area contributed by atoms with Crippen LogP contribution in [0.25, 0.3) is 0 Å². The first kappa shape index (κ1) is 32.4. The van der Waals surface area contributed by atoms with E-state index in [4.69, 9.17) is 16.9 Å². The van der Waals surface area contributed by atoms with Gasteiger partial charge in [-0.2, -0.15) is 13.2 Å². The molecule has 234 valence electrons. The van der Waals surface area contributed by atoms with Crippen LogP contribution < -0.4 is 27.4 Å². The third kappa shape index (κ3) is 8.75. The number of anilines is 3. The van der Waals surface area contributed by atoms with Gasteiger partial charge in [0.15, 0.2) is 0 Å². The zero-order chi connectivity index (χ0) is 31.7. The molecular formula is C31H37F3N8O2. The van der Waals surface area contributed by atoms with Gasteiger partial charge in [-0.25, -0.2) is 9.97 Å². The summed E-state index contributed by atoms with van der Waals surface area (Å²) in [4.78, 5) is 32.7. The normalized spacial score (nSPS) is 13.8. The van der Waals surface area contributed by atoms with Crippen molar-refractivity contribution in [1.82, 2.24) is 20.6 Å². The molecule has 3 aromatic rings. The minimum Gasteiger partial charge on any atom is -0.398 e. The molecule has 44 heavy (non-hydrogen) atoms. The second kappa shape index (κ2) is 14.8. The summed E-state index contributed by atoms with van der Waals surface area (Å²) in [6.45, 7) is 0.957. The lowest BCUT2D eigenvalue weighted by molar-refractivity contribution is -0.137. The first-order chi connectivity index (χ1) is 21.0. The standard InChI is InChI=1S/C31H37F3N8O2/c32-31(33,34)22-13-15-39-24(16-22)42-30(44)20-11-9-19(10-12-20)27(35)26-28(36)21(17-40-29(26)37)6-4-5-14-38-18-25(43)41-23-7-2-1-3-8-23/h9-13,15-17,23,35,38H,1-8,14,18H2,(H,41,43)(H4,36,37,40)(H,39,42,44). The molecule has 0 bridgehead atoms. The monoisotopic (exact) mass is 610 g/mol. The Kier molecular flexibility index (Phi) is 10.9. The van der Waals surface area contributed by atoms with Crippen molar-refractivity contribution < 1.29 is 22.8 Å². The van der Waals surface area contributed by atoms with Crippen molar-refractivity contribution in [1.29, 1.82) is 5.41 Å². The van der Waals surface area contributed by atoms with E-state index in [0.717, 1.165) is 49.6 Å². The van der Waals surface area contributed by atoms with Crippen LogP contribution in [0.15, 0.2) is 48.8 Å². The van der Waals surface area contributed by atoms with Crippen molar-refractivity contribution >= 4 is 34.8 Å². The number of carbonyl (C=O) groups is 2. The molecule has 1 aromatic carbocycles. The van der Waals surface area contributed by atoms with Gasteiger partial charge in [-0.15, -0.1) is 0 Å². The van der Waals surface area contributed by atoms with Gasteiger partial charge in [-0.05, 0) is 68.5 Å². The maximum absolute atomic E-state index is 13.0. The van der Waals surface area contributed by atoms with E-state index in [1.807, 2.05) is 0 Å². The number of rotatable bonds is 12. The highest BCUT2D eigenvalue weighted by atomic mass is 19.4. The number of hydrogen-bond donors (Lipinski definition) is 6. The molecule has 0 unspecified atom stereocenters. The topological polar surface area (TPSA) is 172 Å². The van der Waals surface area contributed by atoms with Crippen molar-refractivity contribution in [3.63, 3.8) is 0 Å². The molecule has 1 fully saturated rings. The van der Waals surface area contributed by atoms with Gasteiger partial charge in [-0.3, -0.25) is 15.0 Å². The van der Waals surface area contributed by atoms with Crippen LogP contribution in [0.1, 0.15) is 77.6 Å². The fourth-order valence-corrected chi connectivity index (χ4v) is 5.13. The van der Waals surface area contributed by atoms with E-state index in [1.54, 1.807) is 6.20 Å². The van der Waals surface area contributed by atoms with Crippen molar-refractivity contribution in [3.8, 4) is 0 Å². The number of amides is 2. The van der Waals surface area contributed by atoms with Gasteiger partial charge in [0.1, 0.15) is 11.6 Å². The Labute approximate surface area is 253 Å². The summed E-state index contributed by atoms with van der Waals surface area (Å²) in [5, 5.41) is 17.3. The molecule has 4 rings (SSSR count). The molecule has 0 atom stereocenters. The summed E-state index contributed by atoms with van der Waals surface area (Å²) in [5.41, 5.74) is 13.6. The van der Waals surface area contributed by atoms with E-state index in [2.05, 4.69) is 25.9 Å². The van der Waals surface area contributed by atoms with Crippen molar-refractivity contribution in [3.05, 3.63) is 76.6 Å². The number of halogens is 3. The van der Waals surface area contributed by atoms with Gasteiger partial charge in [-0.1, -0.05) is 31.4 Å². The van der Waals surface area contributed by atoms with Gasteiger partial charge in [0.2, 0.25) is 5.91 Å². The third-order valence-corrected chi connectivity index (χ3v) is 7.55. The van der Waals surface area contributed by atoms with Crippen LogP contribution in [0, 0.1) is 5.41 Å². The van der Waals surface area contributed by atoms with Gasteiger partial charge in [0.05, 0.1) is 23.4 Å². The predicted octanol–water partition coefficient (Wildman–Crippen LogP) is 4.69.